The molecule has 1 rings (SSSR count). The first-order valence-electron chi connectivity index (χ1n) is 3.68. The van der Waals surface area contributed by atoms with Crippen molar-refractivity contribution in [2.45, 2.75) is 12.5 Å². The lowest BCUT2D eigenvalue weighted by Gasteiger charge is -2.07. The Morgan fingerprint density at radius 3 is 2.50 bits per heavy atom. The first-order chi connectivity index (χ1) is 5.74. The smallest absolute Gasteiger partial charge is 0.0405 e. The molecule has 0 saturated heterocycles. The van der Waals surface area contributed by atoms with Gasteiger partial charge >= 0.3 is 0 Å². The highest BCUT2D eigenvalue weighted by atomic mass is 79.9. The molecule has 0 fully saturated rings. The van der Waals surface area contributed by atoms with Crippen molar-refractivity contribution in [1.29, 1.82) is 0 Å². The number of terminal acetylenes is 1. The molecule has 0 aliphatic carbocycles. The number of hydrogen-bond donors (Lipinski definition) is 1. The Morgan fingerprint density at radius 1 is 1.42 bits per heavy atom. The summed E-state index contributed by atoms with van der Waals surface area (Å²) in [5, 5.41) is 0. The number of halogens is 1. The second kappa shape index (κ2) is 4.30. The first kappa shape index (κ1) is 9.31. The van der Waals surface area contributed by atoms with Crippen molar-refractivity contribution >= 4 is 15.9 Å². The summed E-state index contributed by atoms with van der Waals surface area (Å²) in [5.41, 5.74) is 6.88. The molecule has 0 bridgehead atoms. The lowest BCUT2D eigenvalue weighted by Crippen LogP contribution is -2.08. The predicted octanol–water partition coefficient (Wildman–Crippen LogP) is 2.47. The summed E-state index contributed by atoms with van der Waals surface area (Å²) in [4.78, 5) is 0. The average Bonchev–Trinajstić information content (AvgIpc) is 2.06. The molecule has 1 atom stereocenters. The average molecular weight is 224 g/mol. The largest absolute Gasteiger partial charge is 0.323 e. The van der Waals surface area contributed by atoms with Crippen LogP contribution in [0.5, 0.6) is 0 Å². The minimum absolute atomic E-state index is 0.0388. The van der Waals surface area contributed by atoms with Gasteiger partial charge in [0.1, 0.15) is 0 Å². The molecule has 0 aromatic heterocycles. The molecule has 1 aromatic rings. The van der Waals surface area contributed by atoms with E-state index < -0.39 is 0 Å². The Labute approximate surface area is 81.1 Å². The topological polar surface area (TPSA) is 26.0 Å². The van der Waals surface area contributed by atoms with E-state index in [9.17, 15) is 0 Å². The van der Waals surface area contributed by atoms with Crippen LogP contribution in [0.4, 0.5) is 0 Å². The summed E-state index contributed by atoms with van der Waals surface area (Å²) >= 11 is 3.35. The lowest BCUT2D eigenvalue weighted by molar-refractivity contribution is 0.754. The summed E-state index contributed by atoms with van der Waals surface area (Å²) in [7, 11) is 0. The molecular formula is C10H10BrN. The van der Waals surface area contributed by atoms with Gasteiger partial charge < -0.3 is 5.73 Å². The molecule has 0 spiro atoms. The second-order valence-corrected chi connectivity index (χ2v) is 3.48. The maximum atomic E-state index is 5.80. The van der Waals surface area contributed by atoms with E-state index in [1.54, 1.807) is 0 Å². The Morgan fingerprint density at radius 2 is 2.00 bits per heavy atom. The van der Waals surface area contributed by atoms with E-state index in [1.165, 1.54) is 0 Å². The van der Waals surface area contributed by atoms with Crippen LogP contribution in [0.25, 0.3) is 0 Å². The van der Waals surface area contributed by atoms with Gasteiger partial charge in [0.05, 0.1) is 0 Å². The zero-order chi connectivity index (χ0) is 8.97. The van der Waals surface area contributed by atoms with Gasteiger partial charge in [-0.15, -0.1) is 12.3 Å². The van der Waals surface area contributed by atoms with Crippen LogP contribution in [0.1, 0.15) is 18.0 Å². The number of benzene rings is 1. The van der Waals surface area contributed by atoms with Crippen molar-refractivity contribution < 1.29 is 0 Å². The van der Waals surface area contributed by atoms with E-state index in [0.29, 0.717) is 6.42 Å². The Bertz CT molecular complexity index is 284. The summed E-state index contributed by atoms with van der Waals surface area (Å²) < 4.78 is 1.05. The Kier molecular flexibility index (Phi) is 3.33. The third kappa shape index (κ3) is 2.37. The van der Waals surface area contributed by atoms with Crippen LogP contribution in [0.2, 0.25) is 0 Å². The standard InChI is InChI=1S/C10H10BrN/c1-2-3-10(12)8-4-6-9(11)7-5-8/h1,4-7,10H,3,12H2/t10-/m0/s1. The quantitative estimate of drug-likeness (QED) is 0.767. The molecule has 2 N–H and O–H groups in total. The van der Waals surface area contributed by atoms with Crippen molar-refractivity contribution in [2.24, 2.45) is 5.73 Å². The van der Waals surface area contributed by atoms with Crippen LogP contribution >= 0.6 is 15.9 Å². The van der Waals surface area contributed by atoms with E-state index in [0.717, 1.165) is 10.0 Å². The molecule has 1 aromatic carbocycles. The van der Waals surface area contributed by atoms with Gasteiger partial charge in [-0.3, -0.25) is 0 Å². The van der Waals surface area contributed by atoms with E-state index in [2.05, 4.69) is 21.9 Å². The summed E-state index contributed by atoms with van der Waals surface area (Å²) in [6.07, 6.45) is 5.74. The maximum absolute atomic E-state index is 5.80. The highest BCUT2D eigenvalue weighted by Gasteiger charge is 2.02. The predicted molar refractivity (Wildman–Crippen MR) is 54.5 cm³/mol. The monoisotopic (exact) mass is 223 g/mol. The molecule has 0 aliphatic rings. The molecule has 0 heterocycles. The molecule has 0 amide bonds. The van der Waals surface area contributed by atoms with Gasteiger partial charge in [-0.2, -0.15) is 0 Å². The van der Waals surface area contributed by atoms with E-state index in [1.807, 2.05) is 24.3 Å². The SMILES string of the molecule is C#CC[C@H](N)c1ccc(Br)cc1. The molecule has 0 radical (unpaired) electrons. The van der Waals surface area contributed by atoms with Crippen molar-refractivity contribution in [3.05, 3.63) is 34.3 Å². The fourth-order valence-electron chi connectivity index (χ4n) is 0.955. The van der Waals surface area contributed by atoms with Gasteiger partial charge in [0, 0.05) is 16.9 Å². The normalized spacial score (nSPS) is 12.1. The molecule has 2 heteroatoms. The van der Waals surface area contributed by atoms with Gasteiger partial charge in [0.2, 0.25) is 0 Å². The Balaban J connectivity index is 2.76. The first-order valence-corrected chi connectivity index (χ1v) is 4.48. The molecule has 62 valence electrons. The summed E-state index contributed by atoms with van der Waals surface area (Å²) in [5.74, 6) is 2.54. The third-order valence-electron chi connectivity index (χ3n) is 1.64. The van der Waals surface area contributed by atoms with Crippen LogP contribution < -0.4 is 5.73 Å². The molecule has 0 aliphatic heterocycles. The maximum Gasteiger partial charge on any atom is 0.0405 e. The van der Waals surface area contributed by atoms with Crippen molar-refractivity contribution in [3.63, 3.8) is 0 Å². The number of nitrogens with two attached hydrogens (primary N) is 1. The molecule has 12 heavy (non-hydrogen) atoms. The van der Waals surface area contributed by atoms with Crippen LogP contribution in [-0.2, 0) is 0 Å². The lowest BCUT2D eigenvalue weighted by atomic mass is 10.1. The fraction of sp³-hybridized carbons (Fsp3) is 0.200. The molecular weight excluding hydrogens is 214 g/mol. The third-order valence-corrected chi connectivity index (χ3v) is 2.16. The van der Waals surface area contributed by atoms with Crippen LogP contribution in [-0.4, -0.2) is 0 Å². The van der Waals surface area contributed by atoms with Gasteiger partial charge in [0.25, 0.3) is 0 Å². The number of rotatable bonds is 2. The molecule has 1 nitrogen and oxygen atoms in total. The molecule has 0 saturated carbocycles. The van der Waals surface area contributed by atoms with E-state index in [-0.39, 0.29) is 6.04 Å². The second-order valence-electron chi connectivity index (χ2n) is 2.57. The zero-order valence-corrected chi connectivity index (χ0v) is 8.21. The summed E-state index contributed by atoms with van der Waals surface area (Å²) in [6.45, 7) is 0. The van der Waals surface area contributed by atoms with Crippen LogP contribution in [0.15, 0.2) is 28.7 Å². The number of hydrogen-bond acceptors (Lipinski definition) is 1. The van der Waals surface area contributed by atoms with Gasteiger partial charge in [0.15, 0.2) is 0 Å². The van der Waals surface area contributed by atoms with Crippen molar-refractivity contribution in [3.8, 4) is 12.3 Å². The van der Waals surface area contributed by atoms with Gasteiger partial charge in [-0.05, 0) is 17.7 Å². The molecule has 0 unspecified atom stereocenters. The van der Waals surface area contributed by atoms with Crippen LogP contribution in [0.3, 0.4) is 0 Å². The fourth-order valence-corrected chi connectivity index (χ4v) is 1.22. The minimum atomic E-state index is -0.0388. The van der Waals surface area contributed by atoms with Gasteiger partial charge in [-0.1, -0.05) is 28.1 Å². The van der Waals surface area contributed by atoms with Crippen LogP contribution in [0, 0.1) is 12.3 Å². The van der Waals surface area contributed by atoms with E-state index in [4.69, 9.17) is 12.2 Å². The van der Waals surface area contributed by atoms with Crippen molar-refractivity contribution in [1.82, 2.24) is 0 Å². The van der Waals surface area contributed by atoms with E-state index >= 15 is 0 Å². The minimum Gasteiger partial charge on any atom is -0.323 e. The zero-order valence-electron chi connectivity index (χ0n) is 6.63. The Hall–Kier alpha value is -0.780. The highest BCUT2D eigenvalue weighted by Crippen LogP contribution is 2.16. The van der Waals surface area contributed by atoms with Crippen molar-refractivity contribution in [2.75, 3.05) is 0 Å². The highest BCUT2D eigenvalue weighted by molar-refractivity contribution is 9.10. The summed E-state index contributed by atoms with van der Waals surface area (Å²) in [6, 6.07) is 7.85. The van der Waals surface area contributed by atoms with Gasteiger partial charge in [-0.25, -0.2) is 0 Å².